The Hall–Kier alpha value is -2.86. The molecule has 0 spiro atoms. The van der Waals surface area contributed by atoms with Crippen molar-refractivity contribution in [2.75, 3.05) is 18.5 Å². The van der Waals surface area contributed by atoms with E-state index in [2.05, 4.69) is 10.3 Å². The van der Waals surface area contributed by atoms with E-state index in [1.165, 1.54) is 11.3 Å². The lowest BCUT2D eigenvalue weighted by Crippen LogP contribution is -2.12. The molecule has 0 atom stereocenters. The minimum atomic E-state index is -0.0626. The van der Waals surface area contributed by atoms with Gasteiger partial charge >= 0.3 is 0 Å². The zero-order valence-electron chi connectivity index (χ0n) is 16.1. The number of benzene rings is 2. The molecule has 0 aliphatic heterocycles. The molecule has 0 bridgehead atoms. The van der Waals surface area contributed by atoms with Crippen LogP contribution >= 0.6 is 11.3 Å². The fourth-order valence-electron chi connectivity index (χ4n) is 2.73. The van der Waals surface area contributed by atoms with Crippen LogP contribution in [0.5, 0.6) is 11.5 Å². The third-order valence-electron chi connectivity index (χ3n) is 4.11. The number of thiazole rings is 1. The number of carbonyl (C=O) groups is 1. The average molecular weight is 397 g/mol. The largest absolute Gasteiger partial charge is 0.493 e. The van der Waals surface area contributed by atoms with Crippen LogP contribution in [0.15, 0.2) is 53.9 Å². The number of para-hydroxylation sites is 2. The quantitative estimate of drug-likeness (QED) is 0.498. The Morgan fingerprint density at radius 1 is 1.07 bits per heavy atom. The molecule has 6 heteroatoms. The minimum Gasteiger partial charge on any atom is -0.493 e. The summed E-state index contributed by atoms with van der Waals surface area (Å²) in [5.74, 6) is 1.59. The van der Waals surface area contributed by atoms with E-state index in [9.17, 15) is 4.79 Å². The predicted molar refractivity (Wildman–Crippen MR) is 113 cm³/mol. The highest BCUT2D eigenvalue weighted by molar-refractivity contribution is 7.14. The molecule has 0 radical (unpaired) electrons. The van der Waals surface area contributed by atoms with E-state index in [0.717, 1.165) is 28.3 Å². The van der Waals surface area contributed by atoms with E-state index in [0.29, 0.717) is 31.2 Å². The van der Waals surface area contributed by atoms with Crippen molar-refractivity contribution in [2.24, 2.45) is 0 Å². The van der Waals surface area contributed by atoms with Crippen LogP contribution in [0, 0.1) is 6.92 Å². The summed E-state index contributed by atoms with van der Waals surface area (Å²) in [4.78, 5) is 16.7. The predicted octanol–water partition coefficient (Wildman–Crippen LogP) is 5.31. The van der Waals surface area contributed by atoms with Gasteiger partial charge in [0.25, 0.3) is 0 Å². The summed E-state index contributed by atoms with van der Waals surface area (Å²) in [6, 6.07) is 15.6. The van der Waals surface area contributed by atoms with Gasteiger partial charge in [0.2, 0.25) is 5.91 Å². The first-order valence-corrected chi connectivity index (χ1v) is 10.2. The molecular weight excluding hydrogens is 372 g/mol. The number of aromatic nitrogens is 1. The number of rotatable bonds is 9. The molecule has 0 aliphatic rings. The van der Waals surface area contributed by atoms with Crippen molar-refractivity contribution in [3.63, 3.8) is 0 Å². The number of nitrogens with one attached hydrogen (secondary N) is 1. The van der Waals surface area contributed by atoms with Crippen molar-refractivity contribution < 1.29 is 14.3 Å². The maximum Gasteiger partial charge on any atom is 0.226 e. The normalized spacial score (nSPS) is 10.5. The second-order valence-corrected chi connectivity index (χ2v) is 7.09. The molecule has 146 valence electrons. The van der Waals surface area contributed by atoms with Crippen molar-refractivity contribution in [3.8, 4) is 22.8 Å². The van der Waals surface area contributed by atoms with E-state index in [1.54, 1.807) is 0 Å². The maximum atomic E-state index is 12.2. The first-order valence-electron chi connectivity index (χ1n) is 9.33. The Morgan fingerprint density at radius 3 is 2.61 bits per heavy atom. The maximum absolute atomic E-state index is 12.2. The van der Waals surface area contributed by atoms with Crippen LogP contribution in [0.3, 0.4) is 0 Å². The van der Waals surface area contributed by atoms with Gasteiger partial charge in [-0.2, -0.15) is 0 Å². The lowest BCUT2D eigenvalue weighted by molar-refractivity contribution is -0.116. The summed E-state index contributed by atoms with van der Waals surface area (Å²) in [6.45, 7) is 5.05. The van der Waals surface area contributed by atoms with E-state index < -0.39 is 0 Å². The topological polar surface area (TPSA) is 60.5 Å². The number of aryl methyl sites for hydroxylation is 1. The SMILES string of the molecule is CCOc1ccccc1-c1csc(NC(=O)CCCOc2ccccc2C)n1. The average Bonchev–Trinajstić information content (AvgIpc) is 3.15. The number of hydrogen-bond donors (Lipinski definition) is 1. The van der Waals surface area contributed by atoms with Crippen molar-refractivity contribution >= 4 is 22.4 Å². The Morgan fingerprint density at radius 2 is 1.82 bits per heavy atom. The first-order chi connectivity index (χ1) is 13.7. The van der Waals surface area contributed by atoms with Gasteiger partial charge in [-0.3, -0.25) is 4.79 Å². The molecule has 0 unspecified atom stereocenters. The molecule has 5 nitrogen and oxygen atoms in total. The molecule has 1 heterocycles. The van der Waals surface area contributed by atoms with E-state index in [-0.39, 0.29) is 5.91 Å². The van der Waals surface area contributed by atoms with E-state index in [1.807, 2.05) is 67.8 Å². The van der Waals surface area contributed by atoms with Crippen LogP contribution in [0.2, 0.25) is 0 Å². The monoisotopic (exact) mass is 396 g/mol. The van der Waals surface area contributed by atoms with Gasteiger partial charge in [-0.1, -0.05) is 30.3 Å². The summed E-state index contributed by atoms with van der Waals surface area (Å²) in [5.41, 5.74) is 2.81. The van der Waals surface area contributed by atoms with Crippen molar-refractivity contribution in [1.82, 2.24) is 4.98 Å². The molecule has 3 aromatic rings. The van der Waals surface area contributed by atoms with Gasteiger partial charge in [-0.25, -0.2) is 4.98 Å². The van der Waals surface area contributed by atoms with Crippen LogP contribution in [0.1, 0.15) is 25.3 Å². The second-order valence-electron chi connectivity index (χ2n) is 6.23. The molecule has 1 aromatic heterocycles. The Balaban J connectivity index is 1.50. The molecule has 0 fully saturated rings. The summed E-state index contributed by atoms with van der Waals surface area (Å²) < 4.78 is 11.4. The standard InChI is InChI=1S/C22H24N2O3S/c1-3-26-20-12-7-5-10-17(20)18-15-28-22(23-18)24-21(25)13-8-14-27-19-11-6-4-9-16(19)2/h4-7,9-12,15H,3,8,13-14H2,1-2H3,(H,23,24,25). The highest BCUT2D eigenvalue weighted by Gasteiger charge is 2.11. The number of ether oxygens (including phenoxy) is 2. The second kappa shape index (κ2) is 9.90. The minimum absolute atomic E-state index is 0.0626. The van der Waals surface area contributed by atoms with Gasteiger partial charge in [0.05, 0.1) is 18.9 Å². The van der Waals surface area contributed by atoms with Gasteiger partial charge in [0.15, 0.2) is 5.13 Å². The Bertz CT molecular complexity index is 923. The fraction of sp³-hybridized carbons (Fsp3) is 0.273. The number of hydrogen-bond acceptors (Lipinski definition) is 5. The van der Waals surface area contributed by atoms with E-state index >= 15 is 0 Å². The highest BCUT2D eigenvalue weighted by Crippen LogP contribution is 2.32. The molecule has 28 heavy (non-hydrogen) atoms. The molecule has 0 saturated carbocycles. The van der Waals surface area contributed by atoms with Crippen LogP contribution in [-0.4, -0.2) is 24.1 Å². The van der Waals surface area contributed by atoms with Gasteiger partial charge in [0.1, 0.15) is 11.5 Å². The molecule has 1 amide bonds. The number of amides is 1. The molecule has 0 aliphatic carbocycles. The lowest BCUT2D eigenvalue weighted by Gasteiger charge is -2.08. The van der Waals surface area contributed by atoms with Gasteiger partial charge in [-0.15, -0.1) is 11.3 Å². The zero-order chi connectivity index (χ0) is 19.8. The number of anilines is 1. The Labute approximate surface area is 169 Å². The third kappa shape index (κ3) is 5.33. The molecular formula is C22H24N2O3S. The van der Waals surface area contributed by atoms with Gasteiger partial charge in [0, 0.05) is 17.4 Å². The molecule has 3 rings (SSSR count). The summed E-state index contributed by atoms with van der Waals surface area (Å²) in [6.07, 6.45) is 1.03. The number of nitrogens with zero attached hydrogens (tertiary/aromatic N) is 1. The zero-order valence-corrected chi connectivity index (χ0v) is 16.9. The van der Waals surface area contributed by atoms with Crippen LogP contribution in [0.25, 0.3) is 11.3 Å². The van der Waals surface area contributed by atoms with Crippen LogP contribution < -0.4 is 14.8 Å². The first kappa shape index (κ1) is 19.9. The lowest BCUT2D eigenvalue weighted by atomic mass is 10.1. The number of carbonyl (C=O) groups excluding carboxylic acids is 1. The summed E-state index contributed by atoms with van der Waals surface area (Å²) in [7, 11) is 0. The van der Waals surface area contributed by atoms with Crippen molar-refractivity contribution in [1.29, 1.82) is 0 Å². The molecule has 2 aromatic carbocycles. The molecule has 0 saturated heterocycles. The summed E-state index contributed by atoms with van der Waals surface area (Å²) >= 11 is 1.41. The van der Waals surface area contributed by atoms with Crippen LogP contribution in [0.4, 0.5) is 5.13 Å². The van der Waals surface area contributed by atoms with E-state index in [4.69, 9.17) is 9.47 Å². The van der Waals surface area contributed by atoms with Gasteiger partial charge in [-0.05, 0) is 44.0 Å². The van der Waals surface area contributed by atoms with Crippen LogP contribution in [-0.2, 0) is 4.79 Å². The highest BCUT2D eigenvalue weighted by atomic mass is 32.1. The van der Waals surface area contributed by atoms with Crippen molar-refractivity contribution in [3.05, 3.63) is 59.5 Å². The smallest absolute Gasteiger partial charge is 0.226 e. The molecule has 1 N–H and O–H groups in total. The van der Waals surface area contributed by atoms with Crippen molar-refractivity contribution in [2.45, 2.75) is 26.7 Å². The fourth-order valence-corrected chi connectivity index (χ4v) is 3.46. The Kier molecular flexibility index (Phi) is 7.03. The summed E-state index contributed by atoms with van der Waals surface area (Å²) in [5, 5.41) is 5.38. The third-order valence-corrected chi connectivity index (χ3v) is 4.87. The van der Waals surface area contributed by atoms with Gasteiger partial charge < -0.3 is 14.8 Å².